The van der Waals surface area contributed by atoms with Crippen molar-refractivity contribution in [1.29, 1.82) is 5.26 Å². The predicted octanol–water partition coefficient (Wildman–Crippen LogP) is 1.48. The highest BCUT2D eigenvalue weighted by Gasteiger charge is 2.33. The zero-order valence-electron chi connectivity index (χ0n) is 14.2. The molecule has 0 bridgehead atoms. The summed E-state index contributed by atoms with van der Waals surface area (Å²) in [5.74, 6) is 0.757. The summed E-state index contributed by atoms with van der Waals surface area (Å²) in [4.78, 5) is 11.0. The standard InChI is InChI=1S/C17H22N6O/c1-12-13(8-18)4-5-16(21-12)20-10-15-17(22(2)6-7-24-15)14-9-19-11-23(14)3/h4-5,9,11,15,17H,6-7,10H2,1-3H3,(H,20,21)/t15-,17-/m0/s1. The number of hydrogen-bond acceptors (Lipinski definition) is 6. The molecule has 0 spiro atoms. The molecule has 1 fully saturated rings. The third-order valence-electron chi connectivity index (χ3n) is 4.45. The third kappa shape index (κ3) is 3.25. The van der Waals surface area contributed by atoms with Gasteiger partial charge in [0.05, 0.1) is 42.0 Å². The first-order valence-electron chi connectivity index (χ1n) is 8.00. The summed E-state index contributed by atoms with van der Waals surface area (Å²) in [6.07, 6.45) is 3.71. The highest BCUT2D eigenvalue weighted by Crippen LogP contribution is 2.28. The first kappa shape index (κ1) is 16.4. The van der Waals surface area contributed by atoms with Crippen molar-refractivity contribution in [2.75, 3.05) is 32.1 Å². The fourth-order valence-corrected chi connectivity index (χ4v) is 3.08. The van der Waals surface area contributed by atoms with Crippen LogP contribution in [0.15, 0.2) is 24.7 Å². The maximum atomic E-state index is 8.99. The van der Waals surface area contributed by atoms with Crippen LogP contribution < -0.4 is 5.32 Å². The maximum absolute atomic E-state index is 8.99. The van der Waals surface area contributed by atoms with Crippen molar-refractivity contribution in [1.82, 2.24) is 19.4 Å². The molecule has 2 aromatic rings. The minimum absolute atomic E-state index is 0.00287. The van der Waals surface area contributed by atoms with Gasteiger partial charge in [0, 0.05) is 26.3 Å². The molecule has 3 rings (SSSR count). The fourth-order valence-electron chi connectivity index (χ4n) is 3.08. The molecule has 0 aromatic carbocycles. The van der Waals surface area contributed by atoms with Gasteiger partial charge in [0.25, 0.3) is 0 Å². The van der Waals surface area contributed by atoms with Crippen LogP contribution in [0, 0.1) is 18.3 Å². The van der Waals surface area contributed by atoms with Crippen LogP contribution in [0.25, 0.3) is 0 Å². The number of pyridine rings is 1. The molecule has 1 aliphatic heterocycles. The van der Waals surface area contributed by atoms with Crippen LogP contribution in [0.3, 0.4) is 0 Å². The van der Waals surface area contributed by atoms with E-state index in [4.69, 9.17) is 10.00 Å². The largest absolute Gasteiger partial charge is 0.373 e. The van der Waals surface area contributed by atoms with E-state index in [1.54, 1.807) is 6.07 Å². The maximum Gasteiger partial charge on any atom is 0.126 e. The van der Waals surface area contributed by atoms with Crippen LogP contribution in [-0.2, 0) is 11.8 Å². The van der Waals surface area contributed by atoms with Gasteiger partial charge in [-0.1, -0.05) is 0 Å². The van der Waals surface area contributed by atoms with E-state index in [1.165, 1.54) is 0 Å². The normalized spacial score (nSPS) is 21.4. The van der Waals surface area contributed by atoms with Gasteiger partial charge in [-0.3, -0.25) is 4.90 Å². The fraction of sp³-hybridized carbons (Fsp3) is 0.471. The Morgan fingerprint density at radius 1 is 1.42 bits per heavy atom. The number of imidazole rings is 1. The van der Waals surface area contributed by atoms with E-state index in [1.807, 2.05) is 37.1 Å². The molecule has 1 aliphatic rings. The minimum atomic E-state index is -0.00287. The summed E-state index contributed by atoms with van der Waals surface area (Å²) in [5.41, 5.74) is 2.46. The molecule has 126 valence electrons. The van der Waals surface area contributed by atoms with Crippen LogP contribution in [-0.4, -0.2) is 52.3 Å². The van der Waals surface area contributed by atoms with Crippen LogP contribution in [0.1, 0.15) is 23.0 Å². The molecule has 2 atom stereocenters. The van der Waals surface area contributed by atoms with Crippen LogP contribution in [0.4, 0.5) is 5.82 Å². The Labute approximate surface area is 141 Å². The van der Waals surface area contributed by atoms with Crippen molar-refractivity contribution in [2.45, 2.75) is 19.1 Å². The molecule has 0 amide bonds. The van der Waals surface area contributed by atoms with Crippen molar-refractivity contribution < 1.29 is 4.74 Å². The molecule has 1 N–H and O–H groups in total. The van der Waals surface area contributed by atoms with E-state index in [9.17, 15) is 0 Å². The first-order valence-corrected chi connectivity index (χ1v) is 8.00. The number of nitrogens with zero attached hydrogens (tertiary/aromatic N) is 5. The average Bonchev–Trinajstić information content (AvgIpc) is 2.99. The Bertz CT molecular complexity index is 750. The van der Waals surface area contributed by atoms with Crippen molar-refractivity contribution in [3.05, 3.63) is 41.6 Å². The third-order valence-corrected chi connectivity index (χ3v) is 4.45. The van der Waals surface area contributed by atoms with E-state index in [2.05, 4.69) is 33.3 Å². The first-order chi connectivity index (χ1) is 11.6. The molecule has 0 radical (unpaired) electrons. The van der Waals surface area contributed by atoms with Crippen LogP contribution >= 0.6 is 0 Å². The molecule has 0 saturated carbocycles. The van der Waals surface area contributed by atoms with Gasteiger partial charge in [0.15, 0.2) is 0 Å². The summed E-state index contributed by atoms with van der Waals surface area (Å²) in [5, 5.41) is 12.3. The number of likely N-dealkylation sites (N-methyl/N-ethyl adjacent to an activating group) is 1. The lowest BCUT2D eigenvalue weighted by Gasteiger charge is -2.39. The van der Waals surface area contributed by atoms with E-state index < -0.39 is 0 Å². The van der Waals surface area contributed by atoms with Crippen LogP contribution in [0.5, 0.6) is 0 Å². The molecule has 1 saturated heterocycles. The molecule has 7 nitrogen and oxygen atoms in total. The van der Waals surface area contributed by atoms with Gasteiger partial charge in [0.2, 0.25) is 0 Å². The number of morpholine rings is 1. The Kier molecular flexibility index (Phi) is 4.79. The lowest BCUT2D eigenvalue weighted by molar-refractivity contribution is -0.0578. The average molecular weight is 326 g/mol. The molecule has 7 heteroatoms. The van der Waals surface area contributed by atoms with E-state index in [0.29, 0.717) is 18.7 Å². The van der Waals surface area contributed by atoms with Gasteiger partial charge >= 0.3 is 0 Å². The van der Waals surface area contributed by atoms with E-state index in [-0.39, 0.29) is 12.1 Å². The number of rotatable bonds is 4. The number of ether oxygens (including phenoxy) is 1. The number of nitrogens with one attached hydrogen (secondary N) is 1. The number of anilines is 1. The second-order valence-electron chi connectivity index (χ2n) is 6.09. The predicted molar refractivity (Wildman–Crippen MR) is 90.5 cm³/mol. The minimum Gasteiger partial charge on any atom is -0.373 e. The Hall–Kier alpha value is -2.43. The monoisotopic (exact) mass is 326 g/mol. The quantitative estimate of drug-likeness (QED) is 0.917. The molecule has 0 unspecified atom stereocenters. The lowest BCUT2D eigenvalue weighted by atomic mass is 10.0. The zero-order chi connectivity index (χ0) is 17.1. The molecule has 3 heterocycles. The van der Waals surface area contributed by atoms with Crippen molar-refractivity contribution >= 4 is 5.82 Å². The molecule has 0 aliphatic carbocycles. The van der Waals surface area contributed by atoms with Gasteiger partial charge in [-0.15, -0.1) is 0 Å². The second-order valence-corrected chi connectivity index (χ2v) is 6.09. The summed E-state index contributed by atoms with van der Waals surface area (Å²) >= 11 is 0. The number of aryl methyl sites for hydroxylation is 2. The van der Waals surface area contributed by atoms with Crippen LogP contribution in [0.2, 0.25) is 0 Å². The number of aromatic nitrogens is 3. The van der Waals surface area contributed by atoms with Gasteiger partial charge < -0.3 is 14.6 Å². The Balaban J connectivity index is 1.74. The Morgan fingerprint density at radius 3 is 2.92 bits per heavy atom. The number of hydrogen-bond donors (Lipinski definition) is 1. The van der Waals surface area contributed by atoms with E-state index in [0.717, 1.165) is 23.8 Å². The van der Waals surface area contributed by atoms with Gasteiger partial charge in [0.1, 0.15) is 11.9 Å². The summed E-state index contributed by atoms with van der Waals surface area (Å²) in [6, 6.07) is 5.89. The zero-order valence-corrected chi connectivity index (χ0v) is 14.2. The van der Waals surface area contributed by atoms with Crippen molar-refractivity contribution in [3.8, 4) is 6.07 Å². The second kappa shape index (κ2) is 6.99. The molecular formula is C17H22N6O. The summed E-state index contributed by atoms with van der Waals surface area (Å²) < 4.78 is 8.05. The summed E-state index contributed by atoms with van der Waals surface area (Å²) in [7, 11) is 4.11. The Morgan fingerprint density at radius 2 is 2.25 bits per heavy atom. The molecule has 24 heavy (non-hydrogen) atoms. The van der Waals surface area contributed by atoms with Gasteiger partial charge in [-0.2, -0.15) is 5.26 Å². The lowest BCUT2D eigenvalue weighted by Crippen LogP contribution is -2.46. The highest BCUT2D eigenvalue weighted by atomic mass is 16.5. The topological polar surface area (TPSA) is 79.0 Å². The highest BCUT2D eigenvalue weighted by molar-refractivity contribution is 5.43. The smallest absolute Gasteiger partial charge is 0.126 e. The van der Waals surface area contributed by atoms with Crippen molar-refractivity contribution in [2.24, 2.45) is 7.05 Å². The SMILES string of the molecule is Cc1nc(NC[C@@H]2OCCN(C)[C@H]2c2cncn2C)ccc1C#N. The number of nitriles is 1. The van der Waals surface area contributed by atoms with Gasteiger partial charge in [-0.25, -0.2) is 9.97 Å². The van der Waals surface area contributed by atoms with E-state index >= 15 is 0 Å². The molecule has 2 aromatic heterocycles. The molecular weight excluding hydrogens is 304 g/mol. The van der Waals surface area contributed by atoms with Gasteiger partial charge in [-0.05, 0) is 26.1 Å². The van der Waals surface area contributed by atoms with Crippen molar-refractivity contribution in [3.63, 3.8) is 0 Å². The summed E-state index contributed by atoms with van der Waals surface area (Å²) in [6.45, 7) is 4.07.